The highest BCUT2D eigenvalue weighted by atomic mass is 19.1. The van der Waals surface area contributed by atoms with Gasteiger partial charge in [-0.2, -0.15) is 5.10 Å². The molecular weight excluding hydrogens is 399 g/mol. The molecule has 1 atom stereocenters. The number of rotatable bonds is 7. The van der Waals surface area contributed by atoms with Crippen molar-refractivity contribution in [3.8, 4) is 5.75 Å². The second-order valence-corrected chi connectivity index (χ2v) is 7.80. The Labute approximate surface area is 180 Å². The Kier molecular flexibility index (Phi) is 6.16. The zero-order chi connectivity index (χ0) is 21.8. The maximum atomic E-state index is 13.2. The van der Waals surface area contributed by atoms with Gasteiger partial charge in [0.05, 0.1) is 11.8 Å². The Balaban J connectivity index is 1.44. The fourth-order valence-electron chi connectivity index (χ4n) is 3.93. The third-order valence-electron chi connectivity index (χ3n) is 5.60. The molecule has 2 aliphatic rings. The van der Waals surface area contributed by atoms with Crippen molar-refractivity contribution in [3.05, 3.63) is 59.9 Å². The molecule has 1 fully saturated rings. The van der Waals surface area contributed by atoms with Crippen LogP contribution < -0.4 is 20.8 Å². The molecule has 0 spiro atoms. The molecule has 2 amide bonds. The fourth-order valence-corrected chi connectivity index (χ4v) is 3.93. The molecule has 1 unspecified atom stereocenters. The lowest BCUT2D eigenvalue weighted by Gasteiger charge is -2.20. The van der Waals surface area contributed by atoms with Crippen molar-refractivity contribution in [2.75, 3.05) is 5.01 Å². The molecule has 1 saturated carbocycles. The highest BCUT2D eigenvalue weighted by molar-refractivity contribution is 6.40. The molecule has 1 heterocycles. The molecule has 0 radical (unpaired) electrons. The van der Waals surface area contributed by atoms with E-state index in [1.54, 1.807) is 0 Å². The number of ether oxygens (including phenoxy) is 1. The van der Waals surface area contributed by atoms with Gasteiger partial charge in [0, 0.05) is 18.5 Å². The second kappa shape index (κ2) is 9.16. The molecule has 162 valence electrons. The number of nitrogens with zero attached hydrogens (tertiary/aromatic N) is 2. The molecule has 2 aromatic carbocycles. The number of benzene rings is 2. The number of primary amides is 1. The number of hydrogen-bond donors (Lipinski definition) is 2. The molecule has 31 heavy (non-hydrogen) atoms. The van der Waals surface area contributed by atoms with Gasteiger partial charge in [0.25, 0.3) is 5.91 Å². The standard InChI is InChI=1S/C23H25FN4O3/c24-16-9-11-17(12-10-16)28-20(22(25)29)13-19(27-28)23(30)26-14-15-5-1-4-8-21(15)31-18-6-2-3-7-18/h1,4-5,8-12,18,20H,2-3,6-7,13-14H2,(H2,25,29)(H,26,30). The number of amides is 2. The molecular formula is C23H25FN4O3. The SMILES string of the molecule is NC(=O)C1CC(C(=O)NCc2ccccc2OC2CCCC2)=NN1c1ccc(F)cc1. The summed E-state index contributed by atoms with van der Waals surface area (Å²) in [6, 6.07) is 12.3. The first-order valence-corrected chi connectivity index (χ1v) is 10.5. The summed E-state index contributed by atoms with van der Waals surface area (Å²) in [5.41, 5.74) is 7.07. The molecule has 7 nitrogen and oxygen atoms in total. The van der Waals surface area contributed by atoms with Gasteiger partial charge in [0.1, 0.15) is 23.3 Å². The van der Waals surface area contributed by atoms with E-state index in [0.29, 0.717) is 5.69 Å². The Morgan fingerprint density at radius 1 is 1.13 bits per heavy atom. The summed E-state index contributed by atoms with van der Waals surface area (Å²) in [4.78, 5) is 24.6. The molecule has 2 aromatic rings. The van der Waals surface area contributed by atoms with Gasteiger partial charge in [-0.05, 0) is 56.0 Å². The number of hydrogen-bond acceptors (Lipinski definition) is 5. The smallest absolute Gasteiger partial charge is 0.267 e. The van der Waals surface area contributed by atoms with Crippen LogP contribution >= 0.6 is 0 Å². The van der Waals surface area contributed by atoms with Gasteiger partial charge >= 0.3 is 0 Å². The summed E-state index contributed by atoms with van der Waals surface area (Å²) in [7, 11) is 0. The number of carbonyl (C=O) groups excluding carboxylic acids is 2. The number of carbonyl (C=O) groups is 2. The van der Waals surface area contributed by atoms with Crippen LogP contribution in [0.15, 0.2) is 53.6 Å². The summed E-state index contributed by atoms with van der Waals surface area (Å²) < 4.78 is 19.4. The fraction of sp³-hybridized carbons (Fsp3) is 0.348. The van der Waals surface area contributed by atoms with Crippen LogP contribution in [-0.2, 0) is 16.1 Å². The largest absolute Gasteiger partial charge is 0.490 e. The van der Waals surface area contributed by atoms with Crippen LogP contribution in [-0.4, -0.2) is 29.7 Å². The topological polar surface area (TPSA) is 97.0 Å². The number of hydrazone groups is 1. The quantitative estimate of drug-likeness (QED) is 0.714. The maximum absolute atomic E-state index is 13.2. The van der Waals surface area contributed by atoms with Crippen molar-refractivity contribution < 1.29 is 18.7 Å². The van der Waals surface area contributed by atoms with Crippen molar-refractivity contribution in [1.82, 2.24) is 5.32 Å². The highest BCUT2D eigenvalue weighted by Crippen LogP contribution is 2.27. The summed E-state index contributed by atoms with van der Waals surface area (Å²) in [6.45, 7) is 0.276. The maximum Gasteiger partial charge on any atom is 0.267 e. The minimum atomic E-state index is -0.802. The Morgan fingerprint density at radius 3 is 2.55 bits per heavy atom. The van der Waals surface area contributed by atoms with Crippen LogP contribution in [0.5, 0.6) is 5.75 Å². The van der Waals surface area contributed by atoms with Crippen LogP contribution in [0.25, 0.3) is 0 Å². The molecule has 1 aliphatic carbocycles. The lowest BCUT2D eigenvalue weighted by atomic mass is 10.1. The van der Waals surface area contributed by atoms with E-state index >= 15 is 0 Å². The minimum absolute atomic E-state index is 0.0821. The van der Waals surface area contributed by atoms with Crippen molar-refractivity contribution in [2.45, 2.75) is 50.8 Å². The van der Waals surface area contributed by atoms with Gasteiger partial charge in [-0.1, -0.05) is 18.2 Å². The summed E-state index contributed by atoms with van der Waals surface area (Å²) in [5, 5.41) is 8.52. The molecule has 8 heteroatoms. The predicted octanol–water partition coefficient (Wildman–Crippen LogP) is 2.88. The normalized spacial score (nSPS) is 18.7. The third kappa shape index (κ3) is 4.84. The van der Waals surface area contributed by atoms with Crippen LogP contribution in [0.3, 0.4) is 0 Å². The summed E-state index contributed by atoms with van der Waals surface area (Å²) >= 11 is 0. The average molecular weight is 424 g/mol. The molecule has 3 N–H and O–H groups in total. The van der Waals surface area contributed by atoms with E-state index in [9.17, 15) is 14.0 Å². The molecule has 0 bridgehead atoms. The Hall–Kier alpha value is -3.42. The van der Waals surface area contributed by atoms with Crippen molar-refractivity contribution in [1.29, 1.82) is 0 Å². The summed E-state index contributed by atoms with van der Waals surface area (Å²) in [5.74, 6) is -0.622. The van der Waals surface area contributed by atoms with Gasteiger partial charge in [-0.25, -0.2) is 4.39 Å². The Morgan fingerprint density at radius 2 is 1.84 bits per heavy atom. The van der Waals surface area contributed by atoms with Crippen LogP contribution in [0.1, 0.15) is 37.7 Å². The molecule has 1 aliphatic heterocycles. The predicted molar refractivity (Wildman–Crippen MR) is 115 cm³/mol. The van der Waals surface area contributed by atoms with Crippen molar-refractivity contribution in [3.63, 3.8) is 0 Å². The van der Waals surface area contributed by atoms with E-state index < -0.39 is 17.8 Å². The summed E-state index contributed by atoms with van der Waals surface area (Å²) in [6.07, 6.45) is 4.75. The van der Waals surface area contributed by atoms with Gasteiger partial charge in [0.2, 0.25) is 5.91 Å². The van der Waals surface area contributed by atoms with E-state index in [0.717, 1.165) is 24.2 Å². The lowest BCUT2D eigenvalue weighted by molar-refractivity contribution is -0.119. The monoisotopic (exact) mass is 424 g/mol. The van der Waals surface area contributed by atoms with E-state index in [2.05, 4.69) is 10.4 Å². The van der Waals surface area contributed by atoms with Crippen LogP contribution in [0.4, 0.5) is 10.1 Å². The van der Waals surface area contributed by atoms with E-state index in [-0.39, 0.29) is 30.7 Å². The van der Waals surface area contributed by atoms with Gasteiger partial charge < -0.3 is 15.8 Å². The highest BCUT2D eigenvalue weighted by Gasteiger charge is 2.35. The minimum Gasteiger partial charge on any atom is -0.490 e. The van der Waals surface area contributed by atoms with Gasteiger partial charge in [-0.15, -0.1) is 0 Å². The molecule has 4 rings (SSSR count). The van der Waals surface area contributed by atoms with E-state index in [1.165, 1.54) is 42.1 Å². The van der Waals surface area contributed by atoms with Crippen LogP contribution in [0.2, 0.25) is 0 Å². The van der Waals surface area contributed by atoms with Crippen molar-refractivity contribution in [2.24, 2.45) is 10.8 Å². The second-order valence-electron chi connectivity index (χ2n) is 7.80. The number of nitrogens with two attached hydrogens (primary N) is 1. The zero-order valence-corrected chi connectivity index (χ0v) is 17.1. The number of para-hydroxylation sites is 1. The first-order valence-electron chi connectivity index (χ1n) is 10.5. The molecule has 0 aromatic heterocycles. The van der Waals surface area contributed by atoms with Crippen LogP contribution in [0, 0.1) is 5.82 Å². The first kappa shape index (κ1) is 20.8. The number of halogens is 1. The average Bonchev–Trinajstić information content (AvgIpc) is 3.44. The first-order chi connectivity index (χ1) is 15.0. The zero-order valence-electron chi connectivity index (χ0n) is 17.1. The van der Waals surface area contributed by atoms with Gasteiger partial charge in [-0.3, -0.25) is 14.6 Å². The number of anilines is 1. The van der Waals surface area contributed by atoms with Crippen molar-refractivity contribution >= 4 is 23.2 Å². The van der Waals surface area contributed by atoms with E-state index in [4.69, 9.17) is 10.5 Å². The lowest BCUT2D eigenvalue weighted by Crippen LogP contribution is -2.39. The number of nitrogens with one attached hydrogen (secondary N) is 1. The van der Waals surface area contributed by atoms with E-state index in [1.807, 2.05) is 24.3 Å². The third-order valence-corrected chi connectivity index (χ3v) is 5.60. The Bertz CT molecular complexity index is 987. The van der Waals surface area contributed by atoms with Gasteiger partial charge in [0.15, 0.2) is 0 Å². The molecule has 0 saturated heterocycles.